The minimum atomic E-state index is -3.51. The van der Waals surface area contributed by atoms with Crippen LogP contribution in [0.15, 0.2) is 48.5 Å². The van der Waals surface area contributed by atoms with E-state index in [0.29, 0.717) is 17.3 Å². The second-order valence-electron chi connectivity index (χ2n) is 7.58. The maximum absolute atomic E-state index is 12.4. The quantitative estimate of drug-likeness (QED) is 0.547. The average Bonchev–Trinajstić information content (AvgIpc) is 2.74. The SMILES string of the molecule is CS(=O)(=O)N(Cc1ccccc1Cl)c1ccc(N(C=O)CCN2CCCCC2)cc1. The Morgan fingerprint density at radius 3 is 2.23 bits per heavy atom. The zero-order valence-corrected chi connectivity index (χ0v) is 18.8. The van der Waals surface area contributed by atoms with Crippen molar-refractivity contribution in [2.75, 3.05) is 41.6 Å². The number of halogens is 1. The lowest BCUT2D eigenvalue weighted by Gasteiger charge is -2.29. The Morgan fingerprint density at radius 2 is 1.63 bits per heavy atom. The molecular weight excluding hydrogens is 422 g/mol. The van der Waals surface area contributed by atoms with Crippen molar-refractivity contribution in [1.29, 1.82) is 0 Å². The number of rotatable bonds is 9. The lowest BCUT2D eigenvalue weighted by atomic mass is 10.1. The highest BCUT2D eigenvalue weighted by atomic mass is 35.5. The average molecular weight is 450 g/mol. The third-order valence-electron chi connectivity index (χ3n) is 5.37. The third-order valence-corrected chi connectivity index (χ3v) is 6.88. The zero-order chi connectivity index (χ0) is 21.6. The summed E-state index contributed by atoms with van der Waals surface area (Å²) in [7, 11) is -3.51. The van der Waals surface area contributed by atoms with Gasteiger partial charge < -0.3 is 9.80 Å². The highest BCUT2D eigenvalue weighted by Gasteiger charge is 2.20. The summed E-state index contributed by atoms with van der Waals surface area (Å²) in [5.41, 5.74) is 2.00. The summed E-state index contributed by atoms with van der Waals surface area (Å²) >= 11 is 6.22. The van der Waals surface area contributed by atoms with E-state index in [1.54, 1.807) is 35.2 Å². The molecule has 0 aliphatic carbocycles. The number of nitrogens with zero attached hydrogens (tertiary/aromatic N) is 3. The van der Waals surface area contributed by atoms with Crippen LogP contribution in [0.25, 0.3) is 0 Å². The molecule has 1 aliphatic rings. The first-order valence-electron chi connectivity index (χ1n) is 10.1. The van der Waals surface area contributed by atoms with E-state index in [9.17, 15) is 13.2 Å². The Morgan fingerprint density at radius 1 is 1.00 bits per heavy atom. The Bertz CT molecular complexity index is 944. The first kappa shape index (κ1) is 22.6. The predicted octanol–water partition coefficient (Wildman–Crippen LogP) is 3.75. The molecule has 0 spiro atoms. The molecule has 0 N–H and O–H groups in total. The van der Waals surface area contributed by atoms with Gasteiger partial charge in [0.25, 0.3) is 0 Å². The molecule has 30 heavy (non-hydrogen) atoms. The number of sulfonamides is 1. The van der Waals surface area contributed by atoms with Crippen LogP contribution in [0.5, 0.6) is 0 Å². The van der Waals surface area contributed by atoms with E-state index in [4.69, 9.17) is 11.6 Å². The fraction of sp³-hybridized carbons (Fsp3) is 0.409. The second kappa shape index (κ2) is 10.3. The van der Waals surface area contributed by atoms with Crippen LogP contribution < -0.4 is 9.21 Å². The number of amides is 1. The van der Waals surface area contributed by atoms with Crippen LogP contribution in [0.1, 0.15) is 24.8 Å². The smallest absolute Gasteiger partial charge is 0.232 e. The molecule has 1 fully saturated rings. The summed E-state index contributed by atoms with van der Waals surface area (Å²) < 4.78 is 26.1. The summed E-state index contributed by atoms with van der Waals surface area (Å²) in [4.78, 5) is 15.7. The largest absolute Gasteiger partial charge is 0.314 e. The lowest BCUT2D eigenvalue weighted by molar-refractivity contribution is -0.107. The number of carbonyl (C=O) groups is 1. The van der Waals surface area contributed by atoms with Crippen molar-refractivity contribution < 1.29 is 13.2 Å². The number of piperidine rings is 1. The first-order valence-corrected chi connectivity index (χ1v) is 12.4. The third kappa shape index (κ3) is 5.97. The fourth-order valence-electron chi connectivity index (χ4n) is 3.67. The van der Waals surface area contributed by atoms with E-state index < -0.39 is 10.0 Å². The molecule has 1 amide bonds. The molecule has 162 valence electrons. The molecule has 0 saturated carbocycles. The molecule has 2 aromatic carbocycles. The molecule has 8 heteroatoms. The van der Waals surface area contributed by atoms with E-state index >= 15 is 0 Å². The standard InChI is InChI=1S/C22H28ClN3O3S/c1-30(28,29)26(17-19-7-3-4-8-22(19)23)21-11-9-20(10-12-21)25(18-27)16-15-24-13-5-2-6-14-24/h3-4,7-12,18H,2,5-6,13-17H2,1H3. The fourth-order valence-corrected chi connectivity index (χ4v) is 4.74. The van der Waals surface area contributed by atoms with Gasteiger partial charge in [0.2, 0.25) is 16.4 Å². The molecule has 6 nitrogen and oxygen atoms in total. The summed E-state index contributed by atoms with van der Waals surface area (Å²) in [6.07, 6.45) is 5.70. The molecule has 3 rings (SSSR count). The van der Waals surface area contributed by atoms with Crippen LogP contribution >= 0.6 is 11.6 Å². The van der Waals surface area contributed by atoms with Crippen LogP contribution in [0.4, 0.5) is 11.4 Å². The summed E-state index contributed by atoms with van der Waals surface area (Å²) in [5, 5.41) is 0.521. The highest BCUT2D eigenvalue weighted by Crippen LogP contribution is 2.26. The molecule has 0 unspecified atom stereocenters. The molecular formula is C22H28ClN3O3S. The summed E-state index contributed by atoms with van der Waals surface area (Å²) in [5.74, 6) is 0. The Kier molecular flexibility index (Phi) is 7.75. The van der Waals surface area contributed by atoms with E-state index in [0.717, 1.165) is 37.3 Å². The van der Waals surface area contributed by atoms with Crippen LogP contribution in [0.3, 0.4) is 0 Å². The maximum Gasteiger partial charge on any atom is 0.232 e. The number of anilines is 2. The Labute approximate surface area is 184 Å². The molecule has 0 atom stereocenters. The van der Waals surface area contributed by atoms with Gasteiger partial charge in [-0.25, -0.2) is 8.42 Å². The number of hydrogen-bond acceptors (Lipinski definition) is 4. The minimum absolute atomic E-state index is 0.143. The van der Waals surface area contributed by atoms with Crippen LogP contribution in [0, 0.1) is 0 Å². The number of carbonyl (C=O) groups excluding carboxylic acids is 1. The Hall–Kier alpha value is -2.09. The molecule has 0 aromatic heterocycles. The van der Waals surface area contributed by atoms with Gasteiger partial charge in [0, 0.05) is 23.8 Å². The van der Waals surface area contributed by atoms with Crippen molar-refractivity contribution in [2.24, 2.45) is 0 Å². The van der Waals surface area contributed by atoms with E-state index in [1.165, 1.54) is 29.8 Å². The lowest BCUT2D eigenvalue weighted by Crippen LogP contribution is -2.37. The van der Waals surface area contributed by atoms with Gasteiger partial charge in [-0.05, 0) is 61.8 Å². The van der Waals surface area contributed by atoms with Gasteiger partial charge in [0.05, 0.1) is 18.5 Å². The Balaban J connectivity index is 1.73. The zero-order valence-electron chi connectivity index (χ0n) is 17.2. The molecule has 0 bridgehead atoms. The highest BCUT2D eigenvalue weighted by molar-refractivity contribution is 7.92. The van der Waals surface area contributed by atoms with Crippen LogP contribution in [-0.2, 0) is 21.4 Å². The van der Waals surface area contributed by atoms with Crippen LogP contribution in [-0.4, -0.2) is 52.2 Å². The van der Waals surface area contributed by atoms with Gasteiger partial charge in [-0.2, -0.15) is 0 Å². The van der Waals surface area contributed by atoms with Gasteiger partial charge >= 0.3 is 0 Å². The van der Waals surface area contributed by atoms with Crippen molar-refractivity contribution in [3.05, 3.63) is 59.1 Å². The summed E-state index contributed by atoms with van der Waals surface area (Å²) in [6.45, 7) is 3.75. The normalized spacial score (nSPS) is 15.0. The minimum Gasteiger partial charge on any atom is -0.314 e. The number of likely N-dealkylation sites (tertiary alicyclic amines) is 1. The van der Waals surface area contributed by atoms with Crippen molar-refractivity contribution in [3.63, 3.8) is 0 Å². The second-order valence-corrected chi connectivity index (χ2v) is 9.89. The molecule has 1 aliphatic heterocycles. The summed E-state index contributed by atoms with van der Waals surface area (Å²) in [6, 6.07) is 14.2. The van der Waals surface area contributed by atoms with Gasteiger partial charge in [-0.1, -0.05) is 36.2 Å². The van der Waals surface area contributed by atoms with Crippen molar-refractivity contribution in [3.8, 4) is 0 Å². The van der Waals surface area contributed by atoms with Crippen LogP contribution in [0.2, 0.25) is 5.02 Å². The molecule has 0 radical (unpaired) electrons. The van der Waals surface area contributed by atoms with E-state index in [1.807, 2.05) is 18.2 Å². The van der Waals surface area contributed by atoms with Gasteiger partial charge in [0.1, 0.15) is 0 Å². The van der Waals surface area contributed by atoms with Gasteiger partial charge in [0.15, 0.2) is 0 Å². The monoisotopic (exact) mass is 449 g/mol. The maximum atomic E-state index is 12.4. The predicted molar refractivity (Wildman–Crippen MR) is 123 cm³/mol. The van der Waals surface area contributed by atoms with Crippen molar-refractivity contribution in [1.82, 2.24) is 4.90 Å². The van der Waals surface area contributed by atoms with Crippen molar-refractivity contribution >= 4 is 39.4 Å². The molecule has 1 saturated heterocycles. The number of hydrogen-bond donors (Lipinski definition) is 0. The van der Waals surface area contributed by atoms with E-state index in [-0.39, 0.29) is 6.54 Å². The topological polar surface area (TPSA) is 60.9 Å². The van der Waals surface area contributed by atoms with Gasteiger partial charge in [-0.15, -0.1) is 0 Å². The van der Waals surface area contributed by atoms with E-state index in [2.05, 4.69) is 4.90 Å². The molecule has 2 aromatic rings. The van der Waals surface area contributed by atoms with Crippen molar-refractivity contribution in [2.45, 2.75) is 25.8 Å². The molecule has 1 heterocycles. The first-order chi connectivity index (χ1) is 14.4. The van der Waals surface area contributed by atoms with Gasteiger partial charge in [-0.3, -0.25) is 9.10 Å². The number of benzene rings is 2.